The van der Waals surface area contributed by atoms with Crippen molar-refractivity contribution in [3.63, 3.8) is 0 Å². The molecule has 2 aromatic rings. The molecule has 8 heteroatoms. The maximum atomic E-state index is 13.1. The van der Waals surface area contributed by atoms with Crippen molar-refractivity contribution in [3.05, 3.63) is 47.0 Å². The fourth-order valence-electron chi connectivity index (χ4n) is 3.70. The lowest BCUT2D eigenvalue weighted by Crippen LogP contribution is -2.49. The molecule has 2 aliphatic rings. The van der Waals surface area contributed by atoms with E-state index in [4.69, 9.17) is 4.74 Å². The van der Waals surface area contributed by atoms with Crippen molar-refractivity contribution in [2.75, 3.05) is 32.7 Å². The van der Waals surface area contributed by atoms with Gasteiger partial charge in [-0.1, -0.05) is 24.3 Å². The van der Waals surface area contributed by atoms with Crippen LogP contribution in [-0.2, 0) is 17.9 Å². The lowest BCUT2D eigenvalue weighted by atomic mass is 10.1. The monoisotopic (exact) mass is 373 g/mol. The summed E-state index contributed by atoms with van der Waals surface area (Å²) in [4.78, 5) is 17.1. The third-order valence-corrected chi connectivity index (χ3v) is 5.24. The Bertz CT molecular complexity index is 799. The van der Waals surface area contributed by atoms with E-state index >= 15 is 0 Å². The highest BCUT2D eigenvalue weighted by Crippen LogP contribution is 2.27. The maximum Gasteiger partial charge on any atom is 0.276 e. The van der Waals surface area contributed by atoms with Crippen molar-refractivity contribution in [2.24, 2.45) is 0 Å². The molecule has 0 spiro atoms. The SMILES string of the molecule is CCCN1CCN(C(=O)c2nnn3c2CO[C@H](c2ccc(F)cc2)C3)CC1. The minimum absolute atomic E-state index is 0.0729. The molecule has 0 saturated carbocycles. The second kappa shape index (κ2) is 7.74. The van der Waals surface area contributed by atoms with Crippen LogP contribution in [0.15, 0.2) is 24.3 Å². The number of halogens is 1. The van der Waals surface area contributed by atoms with E-state index in [0.29, 0.717) is 31.0 Å². The van der Waals surface area contributed by atoms with E-state index in [9.17, 15) is 9.18 Å². The van der Waals surface area contributed by atoms with Crippen LogP contribution >= 0.6 is 0 Å². The summed E-state index contributed by atoms with van der Waals surface area (Å²) in [6, 6.07) is 6.26. The normalized spacial score (nSPS) is 20.5. The van der Waals surface area contributed by atoms with Crippen molar-refractivity contribution >= 4 is 5.91 Å². The highest BCUT2D eigenvalue weighted by Gasteiger charge is 2.31. The van der Waals surface area contributed by atoms with Gasteiger partial charge in [0.05, 0.1) is 18.8 Å². The minimum atomic E-state index is -0.275. The Balaban J connectivity index is 1.44. The second-order valence-corrected chi connectivity index (χ2v) is 7.05. The van der Waals surface area contributed by atoms with E-state index in [1.165, 1.54) is 12.1 Å². The number of benzene rings is 1. The lowest BCUT2D eigenvalue weighted by Gasteiger charge is -2.34. The van der Waals surface area contributed by atoms with Gasteiger partial charge in [0.2, 0.25) is 0 Å². The van der Waals surface area contributed by atoms with Crippen LogP contribution in [0.2, 0.25) is 0 Å². The quantitative estimate of drug-likeness (QED) is 0.819. The van der Waals surface area contributed by atoms with E-state index in [0.717, 1.165) is 31.6 Å². The molecule has 1 aromatic heterocycles. The molecule has 0 aliphatic carbocycles. The largest absolute Gasteiger partial charge is 0.365 e. The van der Waals surface area contributed by atoms with E-state index < -0.39 is 0 Å². The number of rotatable bonds is 4. The lowest BCUT2D eigenvalue weighted by molar-refractivity contribution is -0.00207. The van der Waals surface area contributed by atoms with Crippen molar-refractivity contribution in [2.45, 2.75) is 32.6 Å². The molecule has 1 fully saturated rings. The minimum Gasteiger partial charge on any atom is -0.365 e. The van der Waals surface area contributed by atoms with Gasteiger partial charge in [-0.15, -0.1) is 5.10 Å². The number of aromatic nitrogens is 3. The van der Waals surface area contributed by atoms with Gasteiger partial charge < -0.3 is 9.64 Å². The molecule has 1 aromatic carbocycles. The van der Waals surface area contributed by atoms with Crippen LogP contribution in [-0.4, -0.2) is 63.4 Å². The second-order valence-electron chi connectivity index (χ2n) is 7.05. The predicted molar refractivity (Wildman–Crippen MR) is 96.6 cm³/mol. The number of nitrogens with zero attached hydrogens (tertiary/aromatic N) is 5. The van der Waals surface area contributed by atoms with Gasteiger partial charge in [-0.05, 0) is 30.7 Å². The molecule has 0 N–H and O–H groups in total. The Morgan fingerprint density at radius 2 is 1.96 bits per heavy atom. The standard InChI is InChI=1S/C19H24FN5O2/c1-2-7-23-8-10-24(11-9-23)19(26)18-16-13-27-17(12-25(16)22-21-18)14-3-5-15(20)6-4-14/h3-6,17H,2,7-13H2,1H3/t17-/m0/s1. The van der Waals surface area contributed by atoms with Crippen molar-refractivity contribution < 1.29 is 13.9 Å². The number of ether oxygens (including phenoxy) is 1. The van der Waals surface area contributed by atoms with E-state index in [2.05, 4.69) is 22.1 Å². The zero-order valence-corrected chi connectivity index (χ0v) is 15.5. The molecule has 27 heavy (non-hydrogen) atoms. The summed E-state index contributed by atoms with van der Waals surface area (Å²) in [7, 11) is 0. The summed E-state index contributed by atoms with van der Waals surface area (Å²) < 4.78 is 20.8. The number of carbonyl (C=O) groups is 1. The van der Waals surface area contributed by atoms with Gasteiger partial charge in [-0.3, -0.25) is 9.69 Å². The first kappa shape index (κ1) is 18.1. The number of fused-ring (bicyclic) bond motifs is 1. The van der Waals surface area contributed by atoms with Gasteiger partial charge in [0.1, 0.15) is 11.9 Å². The molecule has 4 rings (SSSR count). The van der Waals surface area contributed by atoms with Crippen LogP contribution in [0.3, 0.4) is 0 Å². The predicted octanol–water partition coefficient (Wildman–Crippen LogP) is 1.86. The molecule has 7 nitrogen and oxygen atoms in total. The summed E-state index contributed by atoms with van der Waals surface area (Å²) in [5, 5.41) is 8.30. The number of hydrogen-bond acceptors (Lipinski definition) is 5. The van der Waals surface area contributed by atoms with Crippen LogP contribution in [0.5, 0.6) is 0 Å². The summed E-state index contributed by atoms with van der Waals surface area (Å²) in [5.41, 5.74) is 1.99. The summed E-state index contributed by atoms with van der Waals surface area (Å²) in [6.45, 7) is 7.19. The van der Waals surface area contributed by atoms with Gasteiger partial charge >= 0.3 is 0 Å². The molecule has 0 radical (unpaired) electrons. The highest BCUT2D eigenvalue weighted by atomic mass is 19.1. The zero-order chi connectivity index (χ0) is 18.8. The van der Waals surface area contributed by atoms with Gasteiger partial charge in [-0.2, -0.15) is 0 Å². The Morgan fingerprint density at radius 3 is 2.67 bits per heavy atom. The molecule has 1 atom stereocenters. The Hall–Kier alpha value is -2.32. The number of piperazine rings is 1. The number of amides is 1. The van der Waals surface area contributed by atoms with E-state index in [-0.39, 0.29) is 24.4 Å². The van der Waals surface area contributed by atoms with Gasteiger partial charge in [0, 0.05) is 26.2 Å². The average molecular weight is 373 g/mol. The van der Waals surface area contributed by atoms with E-state index in [1.54, 1.807) is 16.8 Å². The van der Waals surface area contributed by atoms with Gasteiger partial charge in [-0.25, -0.2) is 9.07 Å². The molecule has 0 unspecified atom stereocenters. The summed E-state index contributed by atoms with van der Waals surface area (Å²) in [6.07, 6.45) is 0.902. The van der Waals surface area contributed by atoms with Crippen molar-refractivity contribution in [3.8, 4) is 0 Å². The first-order chi connectivity index (χ1) is 13.2. The molecule has 2 aliphatic heterocycles. The van der Waals surface area contributed by atoms with E-state index in [1.807, 2.05) is 4.90 Å². The van der Waals surface area contributed by atoms with Gasteiger partial charge in [0.25, 0.3) is 5.91 Å². The zero-order valence-electron chi connectivity index (χ0n) is 15.5. The van der Waals surface area contributed by atoms with Crippen LogP contribution in [0.1, 0.15) is 41.2 Å². The summed E-state index contributed by atoms with van der Waals surface area (Å²) in [5.74, 6) is -0.348. The Labute approximate surface area is 157 Å². The molecular formula is C19H24FN5O2. The molecule has 3 heterocycles. The summed E-state index contributed by atoms with van der Waals surface area (Å²) >= 11 is 0. The van der Waals surface area contributed by atoms with Crippen molar-refractivity contribution in [1.82, 2.24) is 24.8 Å². The molecular weight excluding hydrogens is 349 g/mol. The number of carbonyl (C=O) groups excluding carboxylic acids is 1. The maximum absolute atomic E-state index is 13.1. The first-order valence-corrected chi connectivity index (χ1v) is 9.46. The fraction of sp³-hybridized carbons (Fsp3) is 0.526. The Kier molecular flexibility index (Phi) is 5.18. The third-order valence-electron chi connectivity index (χ3n) is 5.24. The fourth-order valence-corrected chi connectivity index (χ4v) is 3.70. The topological polar surface area (TPSA) is 63.5 Å². The van der Waals surface area contributed by atoms with Crippen LogP contribution < -0.4 is 0 Å². The Morgan fingerprint density at radius 1 is 1.22 bits per heavy atom. The average Bonchev–Trinajstić information content (AvgIpc) is 3.12. The highest BCUT2D eigenvalue weighted by molar-refractivity contribution is 5.93. The third kappa shape index (κ3) is 3.72. The number of hydrogen-bond donors (Lipinski definition) is 0. The van der Waals surface area contributed by atoms with Crippen LogP contribution in [0.25, 0.3) is 0 Å². The molecule has 0 bridgehead atoms. The molecule has 144 valence electrons. The molecule has 1 amide bonds. The van der Waals surface area contributed by atoms with Crippen LogP contribution in [0, 0.1) is 5.82 Å². The van der Waals surface area contributed by atoms with Crippen molar-refractivity contribution in [1.29, 1.82) is 0 Å². The van der Waals surface area contributed by atoms with Gasteiger partial charge in [0.15, 0.2) is 5.69 Å². The first-order valence-electron chi connectivity index (χ1n) is 9.46. The van der Waals surface area contributed by atoms with Crippen LogP contribution in [0.4, 0.5) is 4.39 Å². The smallest absolute Gasteiger partial charge is 0.276 e. The molecule has 1 saturated heterocycles.